The first-order valence-corrected chi connectivity index (χ1v) is 5.24. The molecule has 4 nitrogen and oxygen atoms in total. The van der Waals surface area contributed by atoms with Crippen LogP contribution in [0.4, 0.5) is 4.79 Å². The van der Waals surface area contributed by atoms with Crippen molar-refractivity contribution in [2.75, 3.05) is 0 Å². The smallest absolute Gasteiger partial charge is 0.859 e. The fourth-order valence-electron chi connectivity index (χ4n) is 1.93. The van der Waals surface area contributed by atoms with Gasteiger partial charge in [0.2, 0.25) is 0 Å². The van der Waals surface area contributed by atoms with Crippen molar-refractivity contribution < 1.29 is 44.2 Å². The fourth-order valence-corrected chi connectivity index (χ4v) is 1.93. The van der Waals surface area contributed by atoms with Gasteiger partial charge in [-0.2, -0.15) is 4.99 Å². The maximum Gasteiger partial charge on any atom is 1.00 e. The molecule has 1 unspecified atom stereocenters. The van der Waals surface area contributed by atoms with Crippen LogP contribution in [0.25, 0.3) is 0 Å². The van der Waals surface area contributed by atoms with Crippen LogP contribution in [0.2, 0.25) is 0 Å². The third-order valence-electron chi connectivity index (χ3n) is 2.64. The van der Waals surface area contributed by atoms with Crippen LogP contribution in [0.5, 0.6) is 0 Å². The summed E-state index contributed by atoms with van der Waals surface area (Å²) in [6.45, 7) is 1.93. The van der Waals surface area contributed by atoms with Crippen LogP contribution in [-0.4, -0.2) is 12.0 Å². The summed E-state index contributed by atoms with van der Waals surface area (Å²) in [5.74, 6) is -0.495. The Hall–Kier alpha value is -0.840. The Morgan fingerprint density at radius 1 is 1.35 bits per heavy atom. The van der Waals surface area contributed by atoms with Gasteiger partial charge in [0, 0.05) is 11.5 Å². The number of aliphatic imine (C=N–C) groups is 1. The number of nitrogens with zero attached hydrogens (tertiary/aromatic N) is 1. The summed E-state index contributed by atoms with van der Waals surface area (Å²) in [6, 6.07) is 9.03. The molecule has 0 aromatic heterocycles. The van der Waals surface area contributed by atoms with Gasteiger partial charge < -0.3 is 9.84 Å². The molecule has 1 aliphatic rings. The minimum atomic E-state index is -1.19. The summed E-state index contributed by atoms with van der Waals surface area (Å²) >= 11 is 0. The third-order valence-corrected chi connectivity index (χ3v) is 2.64. The normalized spacial score (nSPS) is 22.6. The van der Waals surface area contributed by atoms with Crippen LogP contribution < -0.4 is 34.7 Å². The van der Waals surface area contributed by atoms with E-state index in [4.69, 9.17) is 4.74 Å². The number of carbonyl (C=O) groups is 1. The standard InChI is InChI=1S/C12H13NO3.Na/c1-2-8-12(9-6-4-3-5-7-9)10(14)13-11(15)16-12;/h3-7H,2,8H2,1H3,(H,13,14,15);/q;+1/p-1. The third kappa shape index (κ3) is 2.54. The van der Waals surface area contributed by atoms with Crippen molar-refractivity contribution in [3.63, 3.8) is 0 Å². The van der Waals surface area contributed by atoms with Crippen molar-refractivity contribution >= 4 is 12.0 Å². The molecule has 17 heavy (non-hydrogen) atoms. The van der Waals surface area contributed by atoms with Gasteiger partial charge in [0.25, 0.3) is 0 Å². The number of ether oxygens (including phenoxy) is 1. The van der Waals surface area contributed by atoms with E-state index in [9.17, 15) is 9.90 Å². The Morgan fingerprint density at radius 3 is 2.47 bits per heavy atom. The summed E-state index contributed by atoms with van der Waals surface area (Å²) in [7, 11) is 0. The van der Waals surface area contributed by atoms with Crippen LogP contribution in [0.15, 0.2) is 35.3 Å². The van der Waals surface area contributed by atoms with Gasteiger partial charge in [-0.05, 0) is 6.42 Å². The van der Waals surface area contributed by atoms with Gasteiger partial charge in [-0.15, -0.1) is 0 Å². The number of hydrogen-bond acceptors (Lipinski definition) is 3. The Balaban J connectivity index is 0.00000144. The molecule has 0 aliphatic carbocycles. The van der Waals surface area contributed by atoms with Crippen molar-refractivity contribution in [1.82, 2.24) is 0 Å². The van der Waals surface area contributed by atoms with E-state index in [1.54, 1.807) is 12.1 Å². The van der Waals surface area contributed by atoms with Crippen LogP contribution in [0.1, 0.15) is 25.3 Å². The molecule has 1 aliphatic heterocycles. The molecule has 5 heteroatoms. The maximum atomic E-state index is 11.8. The Labute approximate surface area is 122 Å². The molecule has 1 heterocycles. The van der Waals surface area contributed by atoms with Crippen molar-refractivity contribution in [2.24, 2.45) is 4.99 Å². The van der Waals surface area contributed by atoms with E-state index in [1.807, 2.05) is 25.1 Å². The quantitative estimate of drug-likeness (QED) is 0.611. The van der Waals surface area contributed by atoms with E-state index in [0.717, 1.165) is 6.42 Å². The number of benzene rings is 1. The summed E-state index contributed by atoms with van der Waals surface area (Å²) in [5.41, 5.74) is -0.496. The molecule has 0 fully saturated rings. The van der Waals surface area contributed by atoms with Crippen LogP contribution in [0.3, 0.4) is 0 Å². The van der Waals surface area contributed by atoms with Crippen LogP contribution in [-0.2, 0) is 10.3 Å². The summed E-state index contributed by atoms with van der Waals surface area (Å²) in [6.07, 6.45) is 0.413. The van der Waals surface area contributed by atoms with Gasteiger partial charge in [0.1, 0.15) is 0 Å². The Morgan fingerprint density at radius 2 is 2.00 bits per heavy atom. The second-order valence-corrected chi connectivity index (χ2v) is 3.73. The monoisotopic (exact) mass is 241 g/mol. The molecule has 2 rings (SSSR count). The van der Waals surface area contributed by atoms with Crippen molar-refractivity contribution in [3.05, 3.63) is 35.9 Å². The molecule has 0 bridgehead atoms. The molecule has 0 saturated heterocycles. The van der Waals surface area contributed by atoms with Crippen LogP contribution in [0, 0.1) is 0 Å². The predicted octanol–water partition coefficient (Wildman–Crippen LogP) is -1.40. The molecular weight excluding hydrogens is 229 g/mol. The zero-order valence-corrected chi connectivity index (χ0v) is 12.0. The Kier molecular flexibility index (Phi) is 4.74. The number of rotatable bonds is 3. The second kappa shape index (κ2) is 5.67. The second-order valence-electron chi connectivity index (χ2n) is 3.73. The van der Waals surface area contributed by atoms with Gasteiger partial charge in [0.05, 0.1) is 0 Å². The zero-order chi connectivity index (χ0) is 11.6. The van der Waals surface area contributed by atoms with Gasteiger partial charge in [-0.3, -0.25) is 0 Å². The minimum absolute atomic E-state index is 0. The molecule has 0 saturated carbocycles. The van der Waals surface area contributed by atoms with E-state index in [1.165, 1.54) is 0 Å². The van der Waals surface area contributed by atoms with Gasteiger partial charge in [0.15, 0.2) is 5.60 Å². The first kappa shape index (κ1) is 14.2. The number of hydrogen-bond donors (Lipinski definition) is 0. The van der Waals surface area contributed by atoms with Crippen molar-refractivity contribution in [3.8, 4) is 0 Å². The molecule has 0 radical (unpaired) electrons. The average Bonchev–Trinajstić information content (AvgIpc) is 2.57. The summed E-state index contributed by atoms with van der Waals surface area (Å²) in [5, 5.41) is 11.8. The number of carbonyl (C=O) groups excluding carboxylic acids is 1. The largest absolute Gasteiger partial charge is 1.00 e. The average molecular weight is 241 g/mol. The SMILES string of the molecule is CCCC1(c2ccccc2)OC(=O)N=C1[O-].[Na+]. The van der Waals surface area contributed by atoms with Gasteiger partial charge >= 0.3 is 35.7 Å². The summed E-state index contributed by atoms with van der Waals surface area (Å²) in [4.78, 5) is 14.4. The molecule has 1 amide bonds. The van der Waals surface area contributed by atoms with Gasteiger partial charge in [-0.1, -0.05) is 43.7 Å². The molecule has 0 N–H and O–H groups in total. The van der Waals surface area contributed by atoms with Crippen molar-refractivity contribution in [1.29, 1.82) is 0 Å². The first-order valence-electron chi connectivity index (χ1n) is 5.24. The zero-order valence-electron chi connectivity index (χ0n) is 9.97. The van der Waals surface area contributed by atoms with Crippen LogP contribution >= 0.6 is 0 Å². The minimum Gasteiger partial charge on any atom is -0.859 e. The van der Waals surface area contributed by atoms with E-state index in [2.05, 4.69) is 4.99 Å². The number of cyclic esters (lactones) is 1. The summed E-state index contributed by atoms with van der Waals surface area (Å²) < 4.78 is 5.13. The fraction of sp³-hybridized carbons (Fsp3) is 0.333. The molecule has 1 aromatic rings. The predicted molar refractivity (Wildman–Crippen MR) is 56.9 cm³/mol. The molecule has 0 spiro atoms. The van der Waals surface area contributed by atoms with E-state index in [-0.39, 0.29) is 29.6 Å². The molecular formula is C12H12NNaO3. The first-order chi connectivity index (χ1) is 7.69. The topological polar surface area (TPSA) is 61.7 Å². The van der Waals surface area contributed by atoms with E-state index >= 15 is 0 Å². The maximum absolute atomic E-state index is 11.8. The number of amides is 1. The molecule has 1 atom stereocenters. The van der Waals surface area contributed by atoms with E-state index in [0.29, 0.717) is 12.0 Å². The van der Waals surface area contributed by atoms with Crippen molar-refractivity contribution in [2.45, 2.75) is 25.4 Å². The van der Waals surface area contributed by atoms with Gasteiger partial charge in [-0.25, -0.2) is 4.79 Å². The Bertz CT molecular complexity index is 433. The molecule has 84 valence electrons. The molecule has 1 aromatic carbocycles. The van der Waals surface area contributed by atoms with E-state index < -0.39 is 17.6 Å².